The van der Waals surface area contributed by atoms with Crippen LogP contribution in [0, 0.1) is 17.6 Å². The highest BCUT2D eigenvalue weighted by molar-refractivity contribution is 5.75. The molecule has 26 heavy (non-hydrogen) atoms. The van der Waals surface area contributed by atoms with Crippen LogP contribution in [0.25, 0.3) is 0 Å². The van der Waals surface area contributed by atoms with E-state index in [2.05, 4.69) is 0 Å². The number of rotatable bonds is 4. The first-order valence-electron chi connectivity index (χ1n) is 8.09. The Morgan fingerprint density at radius 3 is 2.42 bits per heavy atom. The van der Waals surface area contributed by atoms with Gasteiger partial charge in [-0.15, -0.1) is 0 Å². The van der Waals surface area contributed by atoms with Crippen LogP contribution in [-0.4, -0.2) is 35.1 Å². The van der Waals surface area contributed by atoms with Crippen LogP contribution in [0.4, 0.5) is 22.0 Å². The third-order valence-corrected chi connectivity index (χ3v) is 5.16. The molecule has 3 rings (SSSR count). The Bertz CT molecular complexity index is 731. The molecule has 4 nitrogen and oxygen atoms in total. The summed E-state index contributed by atoms with van der Waals surface area (Å²) in [7, 11) is 0. The van der Waals surface area contributed by atoms with Crippen LogP contribution >= 0.6 is 0 Å². The Morgan fingerprint density at radius 2 is 1.92 bits per heavy atom. The van der Waals surface area contributed by atoms with Gasteiger partial charge in [0.15, 0.2) is 23.3 Å². The minimum Gasteiger partial charge on any atom is -0.487 e. The van der Waals surface area contributed by atoms with Crippen LogP contribution in [0.15, 0.2) is 12.1 Å². The number of hydrogen-bond donors (Lipinski definition) is 1. The zero-order valence-electron chi connectivity index (χ0n) is 13.9. The summed E-state index contributed by atoms with van der Waals surface area (Å²) in [6.45, 7) is 1.94. The largest absolute Gasteiger partial charge is 0.487 e. The predicted molar refractivity (Wildman–Crippen MR) is 78.9 cm³/mol. The Kier molecular flexibility index (Phi) is 4.41. The minimum absolute atomic E-state index is 0.135. The maximum atomic E-state index is 14.3. The number of benzene rings is 1. The number of alkyl halides is 3. The first-order valence-corrected chi connectivity index (χ1v) is 8.09. The second-order valence-electron chi connectivity index (χ2n) is 6.89. The van der Waals surface area contributed by atoms with Crippen molar-refractivity contribution < 1.29 is 41.3 Å². The molecule has 2 fully saturated rings. The van der Waals surface area contributed by atoms with E-state index < -0.39 is 53.1 Å². The van der Waals surface area contributed by atoms with Gasteiger partial charge >= 0.3 is 12.1 Å². The minimum atomic E-state index is -4.84. The molecule has 0 aromatic heterocycles. The molecule has 1 N–H and O–H groups in total. The van der Waals surface area contributed by atoms with Gasteiger partial charge in [-0.2, -0.15) is 17.6 Å². The van der Waals surface area contributed by atoms with Crippen LogP contribution in [0.3, 0.4) is 0 Å². The number of aliphatic carboxylic acids is 1. The number of halogens is 5. The molecule has 1 aliphatic heterocycles. The van der Waals surface area contributed by atoms with Gasteiger partial charge < -0.3 is 14.6 Å². The van der Waals surface area contributed by atoms with E-state index in [9.17, 15) is 31.9 Å². The SMILES string of the molecule is C[C@H]1[C@@H](c2ccc(F)c(F)c2OC2CC2)[C@H](C(=O)O)O[C@@]1(C)C(F)(F)F. The highest BCUT2D eigenvalue weighted by Gasteiger charge is 2.66. The molecule has 2 aliphatic rings. The molecule has 9 heteroatoms. The number of carboxylic acids is 1. The molecule has 1 saturated carbocycles. The van der Waals surface area contributed by atoms with E-state index >= 15 is 0 Å². The molecule has 1 aliphatic carbocycles. The van der Waals surface area contributed by atoms with Crippen molar-refractivity contribution in [2.24, 2.45) is 5.92 Å². The molecular formula is C17H17F5O4. The lowest BCUT2D eigenvalue weighted by molar-refractivity contribution is -0.273. The molecule has 1 heterocycles. The second kappa shape index (κ2) is 6.07. The number of ether oxygens (including phenoxy) is 2. The summed E-state index contributed by atoms with van der Waals surface area (Å²) in [6.07, 6.45) is -5.86. The quantitative estimate of drug-likeness (QED) is 0.802. The Hall–Kier alpha value is -1.90. The third kappa shape index (κ3) is 2.91. The highest BCUT2D eigenvalue weighted by Crippen LogP contribution is 2.55. The lowest BCUT2D eigenvalue weighted by atomic mass is 9.77. The van der Waals surface area contributed by atoms with E-state index in [0.717, 1.165) is 19.1 Å². The fourth-order valence-corrected chi connectivity index (χ4v) is 3.29. The normalized spacial score (nSPS) is 31.9. The number of carbonyl (C=O) groups is 1. The van der Waals surface area contributed by atoms with Crippen LogP contribution in [0.1, 0.15) is 38.2 Å². The van der Waals surface area contributed by atoms with E-state index in [-0.39, 0.29) is 11.7 Å². The van der Waals surface area contributed by atoms with Gasteiger partial charge in [-0.05, 0) is 25.8 Å². The molecule has 0 spiro atoms. The lowest BCUT2D eigenvalue weighted by Crippen LogP contribution is -2.47. The van der Waals surface area contributed by atoms with E-state index in [0.29, 0.717) is 12.8 Å². The molecule has 1 saturated heterocycles. The molecule has 0 unspecified atom stereocenters. The molecule has 144 valence electrons. The average molecular weight is 380 g/mol. The molecule has 1 aromatic carbocycles. The van der Waals surface area contributed by atoms with Gasteiger partial charge in [0, 0.05) is 17.4 Å². The number of hydrogen-bond acceptors (Lipinski definition) is 3. The van der Waals surface area contributed by atoms with Crippen molar-refractivity contribution in [1.29, 1.82) is 0 Å². The maximum Gasteiger partial charge on any atom is 0.417 e. The Morgan fingerprint density at radius 1 is 1.31 bits per heavy atom. The summed E-state index contributed by atoms with van der Waals surface area (Å²) < 4.78 is 78.7. The van der Waals surface area contributed by atoms with Gasteiger partial charge in [0.2, 0.25) is 5.82 Å². The fraction of sp³-hybridized carbons (Fsp3) is 0.588. The topological polar surface area (TPSA) is 55.8 Å². The molecule has 1 aromatic rings. The van der Waals surface area contributed by atoms with Crippen molar-refractivity contribution in [3.63, 3.8) is 0 Å². The highest BCUT2D eigenvalue weighted by atomic mass is 19.4. The maximum absolute atomic E-state index is 14.3. The van der Waals surface area contributed by atoms with Crippen molar-refractivity contribution in [2.45, 2.75) is 56.6 Å². The van der Waals surface area contributed by atoms with Gasteiger partial charge in [-0.1, -0.05) is 13.0 Å². The summed E-state index contributed by atoms with van der Waals surface area (Å²) in [4.78, 5) is 11.5. The lowest BCUT2D eigenvalue weighted by Gasteiger charge is -2.32. The smallest absolute Gasteiger partial charge is 0.417 e. The van der Waals surface area contributed by atoms with Crippen molar-refractivity contribution >= 4 is 5.97 Å². The summed E-state index contributed by atoms with van der Waals surface area (Å²) >= 11 is 0. The van der Waals surface area contributed by atoms with Crippen molar-refractivity contribution in [1.82, 2.24) is 0 Å². The summed E-state index contributed by atoms with van der Waals surface area (Å²) in [6, 6.07) is 1.82. The van der Waals surface area contributed by atoms with Crippen LogP contribution in [0.2, 0.25) is 0 Å². The van der Waals surface area contributed by atoms with E-state index in [1.165, 1.54) is 6.92 Å². The van der Waals surface area contributed by atoms with Crippen molar-refractivity contribution in [3.8, 4) is 5.75 Å². The number of carboxylic acid groups (broad SMARTS) is 1. The molecule has 0 amide bonds. The van der Waals surface area contributed by atoms with Gasteiger partial charge in [-0.3, -0.25) is 0 Å². The summed E-state index contributed by atoms with van der Waals surface area (Å²) in [5, 5.41) is 9.37. The summed E-state index contributed by atoms with van der Waals surface area (Å²) in [5.41, 5.74) is -2.88. The zero-order valence-corrected chi connectivity index (χ0v) is 13.9. The van der Waals surface area contributed by atoms with Crippen LogP contribution in [0.5, 0.6) is 5.75 Å². The molecule has 0 radical (unpaired) electrons. The third-order valence-electron chi connectivity index (χ3n) is 5.16. The Balaban J connectivity index is 2.11. The standard InChI is InChI=1S/C17H17F5O4/c1-7-11(14(15(23)24)26-16(7,2)17(20,21)22)9-5-6-10(18)12(19)13(9)25-8-3-4-8/h5-8,11,14H,3-4H2,1-2H3,(H,23,24)/t7-,11-,14+,16+/m0/s1. The Labute approximate surface area is 145 Å². The first-order chi connectivity index (χ1) is 12.0. The van der Waals surface area contributed by atoms with Gasteiger partial charge in [-0.25, -0.2) is 9.18 Å². The van der Waals surface area contributed by atoms with Gasteiger partial charge in [0.05, 0.1) is 6.10 Å². The fourth-order valence-electron chi connectivity index (χ4n) is 3.29. The summed E-state index contributed by atoms with van der Waals surface area (Å²) in [5.74, 6) is -7.44. The van der Waals surface area contributed by atoms with E-state index in [1.54, 1.807) is 0 Å². The van der Waals surface area contributed by atoms with Crippen molar-refractivity contribution in [2.75, 3.05) is 0 Å². The average Bonchev–Trinajstić information content (AvgIpc) is 3.30. The zero-order chi connectivity index (χ0) is 19.4. The first kappa shape index (κ1) is 18.9. The van der Waals surface area contributed by atoms with Crippen LogP contribution in [-0.2, 0) is 9.53 Å². The molecule has 0 bridgehead atoms. The van der Waals surface area contributed by atoms with Crippen molar-refractivity contribution in [3.05, 3.63) is 29.3 Å². The predicted octanol–water partition coefficient (Wildman–Crippen LogP) is 4.03. The monoisotopic (exact) mass is 380 g/mol. The van der Waals surface area contributed by atoms with Crippen LogP contribution < -0.4 is 4.74 Å². The molecular weight excluding hydrogens is 363 g/mol. The van der Waals surface area contributed by atoms with E-state index in [4.69, 9.17) is 9.47 Å². The van der Waals surface area contributed by atoms with Gasteiger partial charge in [0.1, 0.15) is 0 Å². The van der Waals surface area contributed by atoms with Gasteiger partial charge in [0.25, 0.3) is 0 Å². The van der Waals surface area contributed by atoms with E-state index in [1.807, 2.05) is 0 Å². The second-order valence-corrected chi connectivity index (χ2v) is 6.89. The molecule has 4 atom stereocenters.